The van der Waals surface area contributed by atoms with Crippen molar-refractivity contribution >= 4 is 22.5 Å². The van der Waals surface area contributed by atoms with Gasteiger partial charge in [0.05, 0.1) is 19.4 Å². The van der Waals surface area contributed by atoms with Gasteiger partial charge in [-0.1, -0.05) is 6.07 Å². The highest BCUT2D eigenvalue weighted by molar-refractivity contribution is 6.17. The molecule has 0 fully saturated rings. The van der Waals surface area contributed by atoms with Crippen LogP contribution in [0.2, 0.25) is 0 Å². The van der Waals surface area contributed by atoms with Gasteiger partial charge in [-0.2, -0.15) is 5.10 Å². The molecule has 31 heavy (non-hydrogen) atoms. The van der Waals surface area contributed by atoms with E-state index in [1.807, 2.05) is 36.7 Å². The van der Waals surface area contributed by atoms with Gasteiger partial charge in [0.25, 0.3) is 0 Å². The number of hydrogen-bond acceptors (Lipinski definition) is 5. The number of alkyl halides is 1. The van der Waals surface area contributed by atoms with Crippen molar-refractivity contribution in [1.82, 2.24) is 19.7 Å². The van der Waals surface area contributed by atoms with E-state index in [0.717, 1.165) is 59.2 Å². The molecule has 1 aliphatic rings. The van der Waals surface area contributed by atoms with Gasteiger partial charge in [0.2, 0.25) is 0 Å². The number of aromatic nitrogens is 4. The standard InChI is InChI=1S/C24H23ClN4O2/c1-30-24-20(31-15-5-11-25)9-8-17-16(10-13-27-22(17)24)21-19-7-4-14-29(19)28-23(21)18-6-2-3-12-26-18/h2-3,6,8-10,12-13H,4-5,7,11,14-15H2,1H3. The summed E-state index contributed by atoms with van der Waals surface area (Å²) in [6, 6.07) is 12.0. The van der Waals surface area contributed by atoms with E-state index in [9.17, 15) is 0 Å². The Morgan fingerprint density at radius 2 is 2.03 bits per heavy atom. The van der Waals surface area contributed by atoms with Crippen molar-refractivity contribution < 1.29 is 9.47 Å². The predicted octanol–water partition coefficient (Wildman–Crippen LogP) is 5.12. The van der Waals surface area contributed by atoms with E-state index < -0.39 is 0 Å². The third-order valence-corrected chi connectivity index (χ3v) is 5.86. The normalized spacial score (nSPS) is 12.8. The summed E-state index contributed by atoms with van der Waals surface area (Å²) in [5.74, 6) is 1.87. The summed E-state index contributed by atoms with van der Waals surface area (Å²) in [5.41, 5.74) is 6.00. The van der Waals surface area contributed by atoms with Crippen molar-refractivity contribution in [1.29, 1.82) is 0 Å². The van der Waals surface area contributed by atoms with Crippen molar-refractivity contribution in [3.63, 3.8) is 0 Å². The fourth-order valence-electron chi connectivity index (χ4n) is 4.24. The van der Waals surface area contributed by atoms with Crippen LogP contribution in [0.1, 0.15) is 18.5 Å². The van der Waals surface area contributed by atoms with Crippen LogP contribution in [0.5, 0.6) is 11.5 Å². The van der Waals surface area contributed by atoms with E-state index in [2.05, 4.69) is 26.8 Å². The zero-order valence-electron chi connectivity index (χ0n) is 17.3. The lowest BCUT2D eigenvalue weighted by molar-refractivity contribution is 0.296. The van der Waals surface area contributed by atoms with Crippen molar-refractivity contribution in [2.75, 3.05) is 19.6 Å². The second-order valence-electron chi connectivity index (χ2n) is 7.45. The Bertz CT molecular complexity index is 1220. The van der Waals surface area contributed by atoms with Crippen molar-refractivity contribution in [2.45, 2.75) is 25.8 Å². The van der Waals surface area contributed by atoms with Crippen LogP contribution in [0.25, 0.3) is 33.4 Å². The zero-order chi connectivity index (χ0) is 21.2. The van der Waals surface area contributed by atoms with Crippen molar-refractivity contribution in [2.24, 2.45) is 0 Å². The second-order valence-corrected chi connectivity index (χ2v) is 7.83. The van der Waals surface area contributed by atoms with Gasteiger partial charge in [-0.05, 0) is 55.2 Å². The number of rotatable bonds is 7. The van der Waals surface area contributed by atoms with E-state index in [1.54, 1.807) is 7.11 Å². The minimum absolute atomic E-state index is 0.534. The first-order chi connectivity index (χ1) is 15.3. The number of methoxy groups -OCH3 is 1. The third-order valence-electron chi connectivity index (χ3n) is 5.59. The van der Waals surface area contributed by atoms with Crippen LogP contribution < -0.4 is 9.47 Å². The number of fused-ring (bicyclic) bond motifs is 2. The summed E-state index contributed by atoms with van der Waals surface area (Å²) in [5, 5.41) is 5.92. The summed E-state index contributed by atoms with van der Waals surface area (Å²) in [7, 11) is 1.65. The SMILES string of the molecule is COc1c(OCCCCl)ccc2c(-c3c(-c4ccccn4)nn4c3CCC4)ccnc12. The molecule has 0 radical (unpaired) electrons. The molecule has 4 aromatic rings. The van der Waals surface area contributed by atoms with Gasteiger partial charge in [-0.15, -0.1) is 11.6 Å². The molecule has 6 nitrogen and oxygen atoms in total. The summed E-state index contributed by atoms with van der Waals surface area (Å²) in [6.45, 7) is 1.46. The van der Waals surface area contributed by atoms with Crippen LogP contribution >= 0.6 is 11.6 Å². The molecule has 0 atom stereocenters. The molecule has 1 aromatic carbocycles. The number of aryl methyl sites for hydroxylation is 1. The maximum absolute atomic E-state index is 5.90. The molecule has 5 rings (SSSR count). The Balaban J connectivity index is 1.70. The van der Waals surface area contributed by atoms with Crippen LogP contribution in [-0.2, 0) is 13.0 Å². The second kappa shape index (κ2) is 8.55. The van der Waals surface area contributed by atoms with Crippen molar-refractivity contribution in [3.8, 4) is 34.0 Å². The first-order valence-electron chi connectivity index (χ1n) is 10.5. The lowest BCUT2D eigenvalue weighted by atomic mass is 9.96. The maximum atomic E-state index is 5.90. The van der Waals surface area contributed by atoms with Crippen LogP contribution in [-0.4, -0.2) is 39.3 Å². The number of ether oxygens (including phenoxy) is 2. The van der Waals surface area contributed by atoms with Gasteiger partial charge in [0.15, 0.2) is 11.5 Å². The molecule has 0 aliphatic carbocycles. The van der Waals surface area contributed by atoms with E-state index >= 15 is 0 Å². The van der Waals surface area contributed by atoms with Gasteiger partial charge in [0, 0.05) is 41.5 Å². The van der Waals surface area contributed by atoms with Crippen LogP contribution in [0.3, 0.4) is 0 Å². The zero-order valence-corrected chi connectivity index (χ0v) is 18.1. The first-order valence-corrected chi connectivity index (χ1v) is 11.0. The molecule has 0 bridgehead atoms. The molecule has 0 N–H and O–H groups in total. The van der Waals surface area contributed by atoms with Gasteiger partial charge in [-0.3, -0.25) is 14.6 Å². The molecule has 0 spiro atoms. The third kappa shape index (κ3) is 3.51. The molecular formula is C24H23ClN4O2. The number of hydrogen-bond donors (Lipinski definition) is 0. The molecule has 0 unspecified atom stereocenters. The number of pyridine rings is 2. The van der Waals surface area contributed by atoms with Gasteiger partial charge in [-0.25, -0.2) is 0 Å². The van der Waals surface area contributed by atoms with Gasteiger partial charge in [0.1, 0.15) is 11.2 Å². The van der Waals surface area contributed by atoms with E-state index in [1.165, 1.54) is 5.69 Å². The minimum atomic E-state index is 0.534. The summed E-state index contributed by atoms with van der Waals surface area (Å²) >= 11 is 5.79. The fourth-order valence-corrected chi connectivity index (χ4v) is 4.35. The number of nitrogens with zero attached hydrogens (tertiary/aromatic N) is 4. The molecule has 0 saturated carbocycles. The predicted molar refractivity (Wildman–Crippen MR) is 122 cm³/mol. The van der Waals surface area contributed by atoms with E-state index in [4.69, 9.17) is 26.2 Å². The Kier molecular flexibility index (Phi) is 5.47. The molecule has 1 aliphatic heterocycles. The molecule has 0 amide bonds. The highest BCUT2D eigenvalue weighted by Gasteiger charge is 2.26. The number of halogens is 1. The lowest BCUT2D eigenvalue weighted by Gasteiger charge is -2.14. The maximum Gasteiger partial charge on any atom is 0.187 e. The average Bonchev–Trinajstić information content (AvgIpc) is 3.40. The van der Waals surface area contributed by atoms with Gasteiger partial charge < -0.3 is 9.47 Å². The Hall–Kier alpha value is -3.12. The van der Waals surface area contributed by atoms with E-state index in [-0.39, 0.29) is 0 Å². The number of benzene rings is 1. The van der Waals surface area contributed by atoms with Gasteiger partial charge >= 0.3 is 0 Å². The molecule has 3 aromatic heterocycles. The van der Waals surface area contributed by atoms with Crippen LogP contribution in [0, 0.1) is 0 Å². The quantitative estimate of drug-likeness (QED) is 0.298. The largest absolute Gasteiger partial charge is 0.491 e. The summed E-state index contributed by atoms with van der Waals surface area (Å²) < 4.78 is 13.7. The van der Waals surface area contributed by atoms with Crippen LogP contribution in [0.4, 0.5) is 0 Å². The molecular weight excluding hydrogens is 412 g/mol. The van der Waals surface area contributed by atoms with Crippen molar-refractivity contribution in [3.05, 3.63) is 54.5 Å². The Labute approximate surface area is 185 Å². The highest BCUT2D eigenvalue weighted by atomic mass is 35.5. The lowest BCUT2D eigenvalue weighted by Crippen LogP contribution is -2.01. The smallest absolute Gasteiger partial charge is 0.187 e. The molecule has 158 valence electrons. The fraction of sp³-hybridized carbons (Fsp3) is 0.292. The first kappa shape index (κ1) is 19.8. The Morgan fingerprint density at radius 1 is 1.10 bits per heavy atom. The average molecular weight is 435 g/mol. The molecule has 7 heteroatoms. The topological polar surface area (TPSA) is 62.1 Å². The monoisotopic (exact) mass is 434 g/mol. The summed E-state index contributed by atoms with van der Waals surface area (Å²) in [6.07, 6.45) is 6.50. The molecule has 0 saturated heterocycles. The van der Waals surface area contributed by atoms with E-state index in [0.29, 0.717) is 24.0 Å². The molecule has 4 heterocycles. The minimum Gasteiger partial charge on any atom is -0.491 e. The Morgan fingerprint density at radius 3 is 2.84 bits per heavy atom. The highest BCUT2D eigenvalue weighted by Crippen LogP contribution is 2.43. The summed E-state index contributed by atoms with van der Waals surface area (Å²) in [4.78, 5) is 9.20. The van der Waals surface area contributed by atoms with Crippen LogP contribution in [0.15, 0.2) is 48.8 Å².